The van der Waals surface area contributed by atoms with E-state index in [0.717, 1.165) is 70.6 Å². The van der Waals surface area contributed by atoms with Crippen LogP contribution in [0.3, 0.4) is 0 Å². The number of carbonyl (C=O) groups excluding carboxylic acids is 2. The Kier molecular flexibility index (Phi) is 30.3. The lowest BCUT2D eigenvalue weighted by Gasteiger charge is -2.24. The summed E-state index contributed by atoms with van der Waals surface area (Å²) in [5.74, 6) is -1.61. The minimum absolute atomic E-state index is 0.0145. The molecule has 12 heteroatoms. The Morgan fingerprint density at radius 1 is 0.592 bits per heavy atom. The van der Waals surface area contributed by atoms with Crippen molar-refractivity contribution in [3.63, 3.8) is 0 Å². The van der Waals surface area contributed by atoms with Gasteiger partial charge in [-0.05, 0) is 19.3 Å². The zero-order chi connectivity index (χ0) is 36.6. The average Bonchev–Trinajstić information content (AvgIpc) is 3.02. The fraction of sp³-hybridized carbons (Fsp3) is 0.919. The molecule has 0 bridgehead atoms. The van der Waals surface area contributed by atoms with E-state index in [2.05, 4.69) is 6.92 Å². The van der Waals surface area contributed by atoms with Gasteiger partial charge in [-0.2, -0.15) is 0 Å². The van der Waals surface area contributed by atoms with Crippen LogP contribution in [0.25, 0.3) is 0 Å². The van der Waals surface area contributed by atoms with Gasteiger partial charge >= 0.3 is 25.7 Å². The first-order valence-corrected chi connectivity index (χ1v) is 20.8. The Morgan fingerprint density at radius 2 is 1.00 bits per heavy atom. The van der Waals surface area contributed by atoms with Gasteiger partial charge in [-0.3, -0.25) is 23.4 Å². The number of nitrogens with zero attached hydrogens (tertiary/aromatic N) is 1. The van der Waals surface area contributed by atoms with E-state index in [0.29, 0.717) is 17.4 Å². The van der Waals surface area contributed by atoms with Crippen molar-refractivity contribution in [3.05, 3.63) is 0 Å². The Labute approximate surface area is 298 Å². The molecule has 0 saturated carbocycles. The third kappa shape index (κ3) is 36.1. The largest absolute Gasteiger partial charge is 0.481 e. The number of aliphatic carboxylic acids is 1. The Morgan fingerprint density at radius 3 is 1.43 bits per heavy atom. The fourth-order valence-electron chi connectivity index (χ4n) is 5.33. The summed E-state index contributed by atoms with van der Waals surface area (Å²) >= 11 is 0. The molecule has 0 aromatic carbocycles. The third-order valence-electron chi connectivity index (χ3n) is 8.42. The highest BCUT2D eigenvalue weighted by Gasteiger charge is 2.27. The van der Waals surface area contributed by atoms with Gasteiger partial charge in [-0.15, -0.1) is 0 Å². The highest BCUT2D eigenvalue weighted by atomic mass is 31.2. The predicted molar refractivity (Wildman–Crippen MR) is 194 cm³/mol. The number of phosphoric acid groups is 1. The number of hydrogen-bond donors (Lipinski definition) is 2. The van der Waals surface area contributed by atoms with Crippen LogP contribution in [0.4, 0.5) is 0 Å². The molecule has 0 fully saturated rings. The number of phosphoric ester groups is 1. The van der Waals surface area contributed by atoms with Gasteiger partial charge in [0.05, 0.1) is 27.7 Å². The number of esters is 2. The number of rotatable bonds is 36. The minimum atomic E-state index is -4.39. The summed E-state index contributed by atoms with van der Waals surface area (Å²) < 4.78 is 34.0. The zero-order valence-corrected chi connectivity index (χ0v) is 32.5. The summed E-state index contributed by atoms with van der Waals surface area (Å²) in [6.07, 6.45) is 23.9. The van der Waals surface area contributed by atoms with E-state index in [9.17, 15) is 23.8 Å². The average molecular weight is 723 g/mol. The monoisotopic (exact) mass is 722 g/mol. The predicted octanol–water partition coefficient (Wildman–Crippen LogP) is 9.14. The van der Waals surface area contributed by atoms with Crippen LogP contribution in [0.5, 0.6) is 0 Å². The topological polar surface area (TPSA) is 146 Å². The van der Waals surface area contributed by atoms with Crippen molar-refractivity contribution in [2.45, 2.75) is 174 Å². The molecule has 0 aromatic heterocycles. The van der Waals surface area contributed by atoms with E-state index in [1.165, 1.54) is 64.2 Å². The molecule has 0 aliphatic carbocycles. The Hall–Kier alpha value is -1.52. The number of carbonyl (C=O) groups is 3. The van der Waals surface area contributed by atoms with E-state index in [1.54, 1.807) is 0 Å². The highest BCUT2D eigenvalue weighted by molar-refractivity contribution is 7.47. The number of quaternary nitrogens is 1. The SMILES string of the molecule is CCCCCCCCCCCCCCCC(=O)OC[C@H](COP(=O)(O)OCC[N+](C)(C)C)OC(=O)CCCCCCCCCCCC(=O)O. The van der Waals surface area contributed by atoms with E-state index in [-0.39, 0.29) is 32.5 Å². The Balaban J connectivity index is 4.40. The van der Waals surface area contributed by atoms with Gasteiger partial charge in [0.2, 0.25) is 0 Å². The van der Waals surface area contributed by atoms with Gasteiger partial charge in [0, 0.05) is 19.3 Å². The number of hydrogen-bond acceptors (Lipinski definition) is 8. The highest BCUT2D eigenvalue weighted by Crippen LogP contribution is 2.43. The molecular weight excluding hydrogens is 649 g/mol. The molecule has 1 unspecified atom stereocenters. The molecule has 0 spiro atoms. The first-order valence-electron chi connectivity index (χ1n) is 19.3. The molecule has 0 aliphatic rings. The summed E-state index contributed by atoms with van der Waals surface area (Å²) in [6, 6.07) is 0. The van der Waals surface area contributed by atoms with Crippen LogP contribution in [0.2, 0.25) is 0 Å². The fourth-order valence-corrected chi connectivity index (χ4v) is 6.08. The first-order chi connectivity index (χ1) is 23.3. The maximum Gasteiger partial charge on any atom is 0.472 e. The number of unbranched alkanes of at least 4 members (excludes halogenated alkanes) is 20. The van der Waals surface area contributed by atoms with Crippen molar-refractivity contribution in [2.24, 2.45) is 0 Å². The van der Waals surface area contributed by atoms with Crippen LogP contribution < -0.4 is 0 Å². The molecular formula is C37H73NO10P+. The van der Waals surface area contributed by atoms with Crippen molar-refractivity contribution < 1.29 is 52.0 Å². The normalized spacial score (nSPS) is 13.6. The summed E-state index contributed by atoms with van der Waals surface area (Å²) in [6.45, 7) is 2.07. The number of carboxylic acid groups (broad SMARTS) is 1. The van der Waals surface area contributed by atoms with Crippen LogP contribution >= 0.6 is 7.82 Å². The van der Waals surface area contributed by atoms with E-state index in [4.69, 9.17) is 23.6 Å². The van der Waals surface area contributed by atoms with Crippen molar-refractivity contribution in [1.82, 2.24) is 0 Å². The lowest BCUT2D eigenvalue weighted by atomic mass is 10.0. The second kappa shape index (κ2) is 31.2. The van der Waals surface area contributed by atoms with E-state index >= 15 is 0 Å². The van der Waals surface area contributed by atoms with E-state index in [1.807, 2.05) is 21.1 Å². The number of likely N-dealkylation sites (N-methyl/N-ethyl adjacent to an activating group) is 1. The van der Waals surface area contributed by atoms with Gasteiger partial charge in [-0.1, -0.05) is 129 Å². The lowest BCUT2D eigenvalue weighted by Crippen LogP contribution is -2.37. The van der Waals surface area contributed by atoms with E-state index < -0.39 is 38.4 Å². The molecule has 290 valence electrons. The quantitative estimate of drug-likeness (QED) is 0.0278. The van der Waals surface area contributed by atoms with Crippen molar-refractivity contribution in [3.8, 4) is 0 Å². The molecule has 0 rings (SSSR count). The summed E-state index contributed by atoms with van der Waals surface area (Å²) in [7, 11) is 1.41. The smallest absolute Gasteiger partial charge is 0.472 e. The van der Waals surface area contributed by atoms with Crippen LogP contribution in [0.15, 0.2) is 0 Å². The number of carboxylic acids is 1. The van der Waals surface area contributed by atoms with Crippen LogP contribution in [0, 0.1) is 0 Å². The zero-order valence-electron chi connectivity index (χ0n) is 31.6. The first kappa shape index (κ1) is 47.5. The molecule has 2 N–H and O–H groups in total. The Bertz CT molecular complexity index is 880. The van der Waals surface area contributed by atoms with Crippen LogP contribution in [0.1, 0.15) is 167 Å². The van der Waals surface area contributed by atoms with Crippen LogP contribution in [-0.4, -0.2) is 86.0 Å². The molecule has 0 saturated heterocycles. The minimum Gasteiger partial charge on any atom is -0.481 e. The maximum atomic E-state index is 12.6. The molecule has 0 aromatic rings. The molecule has 11 nitrogen and oxygen atoms in total. The standard InChI is InChI=1S/C37H72NO10P/c1-5-6-7-8-9-10-11-12-13-16-19-22-25-28-36(41)45-32-34(33-47-49(43,44)46-31-30-38(2,3)4)48-37(42)29-26-23-20-17-14-15-18-21-24-27-35(39)40/h34H,5-33H2,1-4H3,(H-,39,40,43,44)/p+1/t34-/m1/s1. The van der Waals surface area contributed by atoms with Crippen molar-refractivity contribution in [1.29, 1.82) is 0 Å². The molecule has 0 radical (unpaired) electrons. The molecule has 2 atom stereocenters. The second-order valence-electron chi connectivity index (χ2n) is 14.5. The van der Waals surface area contributed by atoms with Crippen LogP contribution in [-0.2, 0) is 37.5 Å². The van der Waals surface area contributed by atoms with Gasteiger partial charge in [0.15, 0.2) is 6.10 Å². The molecule has 49 heavy (non-hydrogen) atoms. The van der Waals surface area contributed by atoms with Gasteiger partial charge in [0.1, 0.15) is 19.8 Å². The summed E-state index contributed by atoms with van der Waals surface area (Å²) in [5.41, 5.74) is 0. The second-order valence-corrected chi connectivity index (χ2v) is 15.9. The van der Waals surface area contributed by atoms with Gasteiger partial charge in [0.25, 0.3) is 0 Å². The molecule has 0 amide bonds. The van der Waals surface area contributed by atoms with Gasteiger partial charge < -0.3 is 24.0 Å². The lowest BCUT2D eigenvalue weighted by molar-refractivity contribution is -0.870. The summed E-state index contributed by atoms with van der Waals surface area (Å²) in [4.78, 5) is 45.7. The van der Waals surface area contributed by atoms with Crippen molar-refractivity contribution in [2.75, 3.05) is 47.5 Å². The molecule has 0 aliphatic heterocycles. The third-order valence-corrected chi connectivity index (χ3v) is 9.41. The summed E-state index contributed by atoms with van der Waals surface area (Å²) in [5, 5.41) is 8.69. The number of ether oxygens (including phenoxy) is 2. The maximum absolute atomic E-state index is 12.6. The van der Waals surface area contributed by atoms with Gasteiger partial charge in [-0.25, -0.2) is 4.57 Å². The van der Waals surface area contributed by atoms with Crippen molar-refractivity contribution >= 4 is 25.7 Å². The molecule has 0 heterocycles.